The molecule has 2 aromatic rings. The van der Waals surface area contributed by atoms with Crippen LogP contribution in [0.1, 0.15) is 13.0 Å². The number of rotatable bonds is 4. The minimum absolute atomic E-state index is 0.0307. The van der Waals surface area contributed by atoms with Crippen molar-refractivity contribution in [3.8, 4) is 0 Å². The lowest BCUT2D eigenvalue weighted by Crippen LogP contribution is -2.44. The molecule has 0 saturated heterocycles. The van der Waals surface area contributed by atoms with Crippen molar-refractivity contribution in [3.63, 3.8) is 0 Å². The van der Waals surface area contributed by atoms with Crippen LogP contribution in [-0.4, -0.2) is 63.7 Å². The van der Waals surface area contributed by atoms with Crippen LogP contribution in [0.4, 0.5) is 5.95 Å². The van der Waals surface area contributed by atoms with Gasteiger partial charge in [-0.2, -0.15) is 4.98 Å². The third kappa shape index (κ3) is 2.96. The van der Waals surface area contributed by atoms with E-state index in [2.05, 4.69) is 21.5 Å². The van der Waals surface area contributed by atoms with Crippen molar-refractivity contribution in [2.45, 2.75) is 30.8 Å². The average molecular weight is 387 g/mol. The summed E-state index contributed by atoms with van der Waals surface area (Å²) < 4.78 is 17.4. The quantitative estimate of drug-likeness (QED) is 0.264. The second kappa shape index (κ2) is 5.98. The number of aromatic amines is 1. The van der Waals surface area contributed by atoms with E-state index >= 15 is 0 Å². The summed E-state index contributed by atoms with van der Waals surface area (Å²) in [6, 6.07) is -1.03. The first-order valence-electron chi connectivity index (χ1n) is 7.41. The average Bonchev–Trinajstić information content (AvgIpc) is 2.95. The number of nitrogens with two attached hydrogens (primary N) is 1. The fraction of sp³-hybridized carbons (Fsp3) is 0.462. The predicted octanol–water partition coefficient (Wildman–Crippen LogP) is -1.55. The first-order chi connectivity index (χ1) is 11.9. The fourth-order valence-electron chi connectivity index (χ4n) is 3.17. The van der Waals surface area contributed by atoms with E-state index in [1.165, 1.54) is 17.8 Å². The summed E-state index contributed by atoms with van der Waals surface area (Å²) in [7, 11) is -4.49. The van der Waals surface area contributed by atoms with Gasteiger partial charge in [0, 0.05) is 0 Å². The number of hydrogen-bond acceptors (Lipinski definition) is 8. The zero-order chi connectivity index (χ0) is 19.4. The van der Waals surface area contributed by atoms with E-state index in [1.807, 2.05) is 0 Å². The highest BCUT2D eigenvalue weighted by atomic mass is 31.2. The Morgan fingerprint density at radius 3 is 2.81 bits per heavy atom. The maximum absolute atomic E-state index is 11.9. The second-order valence-electron chi connectivity index (χ2n) is 6.30. The number of fused-ring (bicyclic) bond motifs is 1. The molecule has 0 radical (unpaired) electrons. The lowest BCUT2D eigenvalue weighted by atomic mass is 9.97. The summed E-state index contributed by atoms with van der Waals surface area (Å²) in [5.74, 6) is -0.164. The largest absolute Gasteiger partial charge is 0.387 e. The number of imidazole rings is 1. The molecule has 12 nitrogen and oxygen atoms in total. The Morgan fingerprint density at radius 2 is 2.19 bits per heavy atom. The molecule has 1 aliphatic carbocycles. The molecule has 4 atom stereocenters. The first kappa shape index (κ1) is 18.7. The maximum Gasteiger partial charge on any atom is 0.351 e. The lowest BCUT2D eigenvalue weighted by molar-refractivity contribution is -0.0987. The topological polar surface area (TPSA) is 197 Å². The van der Waals surface area contributed by atoms with Gasteiger partial charge in [-0.1, -0.05) is 6.58 Å². The third-order valence-electron chi connectivity index (χ3n) is 4.31. The molecule has 0 spiro atoms. The molecule has 1 saturated carbocycles. The minimum atomic E-state index is -4.49. The molecule has 1 fully saturated rings. The van der Waals surface area contributed by atoms with Crippen LogP contribution in [0.15, 0.2) is 23.3 Å². The Hall–Kier alpha value is -2.08. The van der Waals surface area contributed by atoms with Crippen LogP contribution >= 0.6 is 7.60 Å². The van der Waals surface area contributed by atoms with Gasteiger partial charge in [0.15, 0.2) is 11.2 Å². The van der Waals surface area contributed by atoms with Gasteiger partial charge in [-0.25, -0.2) is 4.98 Å². The van der Waals surface area contributed by atoms with Gasteiger partial charge in [-0.15, -0.1) is 0 Å². The molecule has 26 heavy (non-hydrogen) atoms. The Morgan fingerprint density at radius 1 is 1.54 bits per heavy atom. The van der Waals surface area contributed by atoms with Crippen LogP contribution in [0, 0.1) is 0 Å². The van der Waals surface area contributed by atoms with Gasteiger partial charge in [-0.05, 0) is 12.5 Å². The van der Waals surface area contributed by atoms with E-state index in [4.69, 9.17) is 20.3 Å². The molecule has 2 heterocycles. The molecule has 0 aliphatic heterocycles. The van der Waals surface area contributed by atoms with E-state index in [9.17, 15) is 19.6 Å². The first-order valence-corrected chi connectivity index (χ1v) is 9.21. The molecule has 0 amide bonds. The van der Waals surface area contributed by atoms with Crippen LogP contribution in [0.5, 0.6) is 0 Å². The molecular formula is C13H18N5O7P. The summed E-state index contributed by atoms with van der Waals surface area (Å²) >= 11 is 0. The number of aromatic nitrogens is 4. The van der Waals surface area contributed by atoms with Crippen molar-refractivity contribution in [1.29, 1.82) is 0 Å². The van der Waals surface area contributed by atoms with Crippen molar-refractivity contribution in [2.75, 3.05) is 12.1 Å². The highest BCUT2D eigenvalue weighted by molar-refractivity contribution is 7.51. The number of nitrogens with one attached hydrogen (secondary N) is 1. The van der Waals surface area contributed by atoms with Crippen molar-refractivity contribution in [2.24, 2.45) is 0 Å². The second-order valence-corrected chi connectivity index (χ2v) is 7.89. The minimum Gasteiger partial charge on any atom is -0.387 e. The summed E-state index contributed by atoms with van der Waals surface area (Å²) in [6.07, 6.45) is -2.51. The zero-order valence-corrected chi connectivity index (χ0v) is 14.5. The number of H-pyrrole nitrogens is 1. The van der Waals surface area contributed by atoms with Crippen LogP contribution < -0.4 is 11.3 Å². The molecule has 1 aliphatic rings. The lowest BCUT2D eigenvalue weighted by Gasteiger charge is -2.29. The summed E-state index contributed by atoms with van der Waals surface area (Å²) in [5.41, 5.74) is 3.29. The van der Waals surface area contributed by atoms with E-state index in [0.29, 0.717) is 0 Å². The molecular weight excluding hydrogens is 369 g/mol. The van der Waals surface area contributed by atoms with Gasteiger partial charge in [0.2, 0.25) is 5.95 Å². The number of aliphatic hydroxyl groups excluding tert-OH is 1. The van der Waals surface area contributed by atoms with Gasteiger partial charge >= 0.3 is 7.60 Å². The van der Waals surface area contributed by atoms with Crippen molar-refractivity contribution in [3.05, 3.63) is 28.8 Å². The van der Waals surface area contributed by atoms with Crippen molar-refractivity contribution >= 4 is 24.7 Å². The Bertz CT molecular complexity index is 977. The van der Waals surface area contributed by atoms with Gasteiger partial charge in [0.1, 0.15) is 24.2 Å². The molecule has 7 N–H and O–H groups in total. The number of nitrogens with zero attached hydrogens (tertiary/aromatic N) is 3. The van der Waals surface area contributed by atoms with Crippen LogP contribution in [0.25, 0.3) is 11.2 Å². The summed E-state index contributed by atoms with van der Waals surface area (Å²) in [5, 5.41) is 21.2. The molecule has 142 valence electrons. The Labute approximate surface area is 146 Å². The van der Waals surface area contributed by atoms with Gasteiger partial charge in [-0.3, -0.25) is 14.3 Å². The molecule has 2 aromatic heterocycles. The van der Waals surface area contributed by atoms with Crippen LogP contribution in [0.3, 0.4) is 0 Å². The molecule has 3 rings (SSSR count). The monoisotopic (exact) mass is 387 g/mol. The summed E-state index contributed by atoms with van der Waals surface area (Å²) in [4.78, 5) is 40.1. The predicted molar refractivity (Wildman–Crippen MR) is 89.2 cm³/mol. The van der Waals surface area contributed by atoms with Gasteiger partial charge in [0.25, 0.3) is 5.56 Å². The fourth-order valence-corrected chi connectivity index (χ4v) is 3.52. The highest BCUT2D eigenvalue weighted by Crippen LogP contribution is 2.46. The molecule has 0 unspecified atom stereocenters. The maximum atomic E-state index is 11.9. The molecule has 13 heteroatoms. The summed E-state index contributed by atoms with van der Waals surface area (Å²) in [6.45, 7) is 5.08. The SMILES string of the molecule is C=C1[C@H](OCP(=O)(O)O)[C@@H](O)[C@@](C)(O)[C@@H]1n1cnc2c(=O)[nH]c(N)nc21. The Balaban J connectivity index is 2.06. The number of nitrogen functional groups attached to an aromatic ring is 1. The number of anilines is 1. The van der Waals surface area contributed by atoms with Gasteiger partial charge < -0.3 is 35.0 Å². The van der Waals surface area contributed by atoms with Crippen molar-refractivity contribution in [1.82, 2.24) is 19.5 Å². The third-order valence-corrected chi connectivity index (χ3v) is 4.79. The smallest absolute Gasteiger partial charge is 0.351 e. The zero-order valence-electron chi connectivity index (χ0n) is 13.6. The number of ether oxygens (including phenoxy) is 1. The molecule has 0 bridgehead atoms. The van der Waals surface area contributed by atoms with E-state index in [1.54, 1.807) is 0 Å². The number of hydrogen-bond donors (Lipinski definition) is 6. The highest BCUT2D eigenvalue weighted by Gasteiger charge is 2.55. The van der Waals surface area contributed by atoms with E-state index < -0.39 is 43.4 Å². The van der Waals surface area contributed by atoms with E-state index in [-0.39, 0.29) is 22.7 Å². The molecule has 0 aromatic carbocycles. The normalized spacial score (nSPS) is 29.6. The van der Waals surface area contributed by atoms with Gasteiger partial charge in [0.05, 0.1) is 12.4 Å². The van der Waals surface area contributed by atoms with Crippen LogP contribution in [0.2, 0.25) is 0 Å². The Kier molecular flexibility index (Phi) is 4.30. The number of aliphatic hydroxyl groups is 2. The van der Waals surface area contributed by atoms with E-state index in [0.717, 1.165) is 0 Å². The van der Waals surface area contributed by atoms with Crippen LogP contribution in [-0.2, 0) is 9.30 Å². The van der Waals surface area contributed by atoms with Crippen molar-refractivity contribution < 1.29 is 29.3 Å². The standard InChI is InChI=1S/C13H18N5O7P/c1-5-7(25-4-26(22,23)24)9(19)13(2,21)8(5)18-3-15-6-10(18)16-12(14)17-11(6)20/h3,7-9,19,21H,1,4H2,2H3,(H2,22,23,24)(H3,14,16,17,20)/t7-,8+,9+,13-/m0/s1.